The lowest BCUT2D eigenvalue weighted by Crippen LogP contribution is -1.68. The first-order valence-corrected chi connectivity index (χ1v) is 4.00. The fourth-order valence-electron chi connectivity index (χ4n) is 0.884. The quantitative estimate of drug-likeness (QED) is 0.499. The van der Waals surface area contributed by atoms with Gasteiger partial charge in [0.15, 0.2) is 0 Å². The Hall–Kier alpha value is -1.11. The van der Waals surface area contributed by atoms with Gasteiger partial charge >= 0.3 is 0 Å². The minimum atomic E-state index is 1.15. The molecule has 1 aliphatic rings. The zero-order valence-corrected chi connectivity index (χ0v) is 6.61. The predicted molar refractivity (Wildman–Crippen MR) is 49.8 cm³/mol. The van der Waals surface area contributed by atoms with Crippen LogP contribution in [0.3, 0.4) is 0 Å². The van der Waals surface area contributed by atoms with Crippen molar-refractivity contribution in [3.05, 3.63) is 36.6 Å². The second kappa shape index (κ2) is 5.66. The second-order valence-corrected chi connectivity index (χ2v) is 2.43. The highest BCUT2D eigenvalue weighted by atomic mass is 14.6. The normalized spacial score (nSPS) is 21.1. The summed E-state index contributed by atoms with van der Waals surface area (Å²) in [5, 5.41) is 0. The molecule has 0 bridgehead atoms. The van der Waals surface area contributed by atoms with Gasteiger partial charge in [-0.2, -0.15) is 0 Å². The van der Waals surface area contributed by atoms with Gasteiger partial charge in [0.1, 0.15) is 0 Å². The average Bonchev–Trinajstić information content (AvgIpc) is 2.08. The van der Waals surface area contributed by atoms with Crippen molar-refractivity contribution in [2.24, 2.45) is 4.99 Å². The fourth-order valence-corrected chi connectivity index (χ4v) is 0.884. The van der Waals surface area contributed by atoms with E-state index in [1.165, 1.54) is 6.42 Å². The SMILES string of the molecule is C1=CCCC/C=C/C=NC=C1. The summed E-state index contributed by atoms with van der Waals surface area (Å²) in [7, 11) is 0. The average molecular weight is 147 g/mol. The van der Waals surface area contributed by atoms with E-state index in [4.69, 9.17) is 0 Å². The van der Waals surface area contributed by atoms with Crippen molar-refractivity contribution in [2.75, 3.05) is 0 Å². The number of aliphatic imine (C=N–C) groups is 1. The largest absolute Gasteiger partial charge is 0.265 e. The maximum absolute atomic E-state index is 4.03. The summed E-state index contributed by atoms with van der Waals surface area (Å²) in [4.78, 5) is 4.03. The van der Waals surface area contributed by atoms with Crippen LogP contribution in [0.15, 0.2) is 41.6 Å². The van der Waals surface area contributed by atoms with Crippen molar-refractivity contribution >= 4 is 6.21 Å². The van der Waals surface area contributed by atoms with Crippen molar-refractivity contribution in [2.45, 2.75) is 19.3 Å². The van der Waals surface area contributed by atoms with Gasteiger partial charge in [-0.3, -0.25) is 4.99 Å². The van der Waals surface area contributed by atoms with Gasteiger partial charge in [-0.05, 0) is 31.4 Å². The van der Waals surface area contributed by atoms with Gasteiger partial charge < -0.3 is 0 Å². The van der Waals surface area contributed by atoms with Gasteiger partial charge in [-0.15, -0.1) is 0 Å². The first kappa shape index (κ1) is 7.99. The Balaban J connectivity index is 2.47. The molecule has 58 valence electrons. The molecular weight excluding hydrogens is 134 g/mol. The van der Waals surface area contributed by atoms with Gasteiger partial charge in [0.25, 0.3) is 0 Å². The van der Waals surface area contributed by atoms with E-state index >= 15 is 0 Å². The molecule has 1 heterocycles. The maximum atomic E-state index is 4.03. The Labute approximate surface area is 67.8 Å². The van der Waals surface area contributed by atoms with Crippen LogP contribution in [0.25, 0.3) is 0 Å². The molecule has 0 saturated heterocycles. The van der Waals surface area contributed by atoms with E-state index in [9.17, 15) is 0 Å². The second-order valence-electron chi connectivity index (χ2n) is 2.43. The third-order valence-corrected chi connectivity index (χ3v) is 1.47. The summed E-state index contributed by atoms with van der Waals surface area (Å²) < 4.78 is 0. The van der Waals surface area contributed by atoms with Crippen LogP contribution in [0.5, 0.6) is 0 Å². The molecule has 0 saturated carbocycles. The van der Waals surface area contributed by atoms with E-state index in [2.05, 4.69) is 17.1 Å². The fraction of sp³-hybridized carbons (Fsp3) is 0.300. The zero-order chi connectivity index (χ0) is 7.78. The van der Waals surface area contributed by atoms with Crippen molar-refractivity contribution < 1.29 is 0 Å². The summed E-state index contributed by atoms with van der Waals surface area (Å²) in [5.41, 5.74) is 0. The molecule has 1 heteroatoms. The minimum absolute atomic E-state index is 1.15. The molecule has 0 aromatic carbocycles. The van der Waals surface area contributed by atoms with Crippen LogP contribution >= 0.6 is 0 Å². The van der Waals surface area contributed by atoms with Gasteiger partial charge in [-0.1, -0.05) is 18.2 Å². The number of allylic oxidation sites excluding steroid dienone is 5. The van der Waals surface area contributed by atoms with Crippen molar-refractivity contribution in [3.8, 4) is 0 Å². The summed E-state index contributed by atoms with van der Waals surface area (Å²) in [6.45, 7) is 0. The Morgan fingerprint density at radius 3 is 2.64 bits per heavy atom. The number of hydrogen-bond donors (Lipinski definition) is 0. The molecule has 1 nitrogen and oxygen atoms in total. The number of rotatable bonds is 0. The lowest BCUT2D eigenvalue weighted by molar-refractivity contribution is 0.869. The van der Waals surface area contributed by atoms with Gasteiger partial charge in [-0.25, -0.2) is 0 Å². The smallest absolute Gasteiger partial charge is 0.0267 e. The van der Waals surface area contributed by atoms with Gasteiger partial charge in [0.05, 0.1) is 0 Å². The predicted octanol–water partition coefficient (Wildman–Crippen LogP) is 2.87. The zero-order valence-electron chi connectivity index (χ0n) is 6.61. The summed E-state index contributed by atoms with van der Waals surface area (Å²) in [6.07, 6.45) is 17.5. The molecule has 1 rings (SSSR count). The third kappa shape index (κ3) is 4.31. The molecule has 1 aliphatic heterocycles. The van der Waals surface area contributed by atoms with E-state index in [0.29, 0.717) is 0 Å². The lowest BCUT2D eigenvalue weighted by atomic mass is 10.2. The molecule has 0 atom stereocenters. The Morgan fingerprint density at radius 1 is 0.909 bits per heavy atom. The summed E-state index contributed by atoms with van der Waals surface area (Å²) in [6, 6.07) is 0. The topological polar surface area (TPSA) is 12.4 Å². The monoisotopic (exact) mass is 147 g/mol. The number of hydrogen-bond acceptors (Lipinski definition) is 1. The summed E-state index contributed by atoms with van der Waals surface area (Å²) >= 11 is 0. The van der Waals surface area contributed by atoms with Gasteiger partial charge in [0.2, 0.25) is 0 Å². The van der Waals surface area contributed by atoms with E-state index in [0.717, 1.165) is 12.8 Å². The molecule has 0 N–H and O–H groups in total. The molecule has 0 aliphatic carbocycles. The highest BCUT2D eigenvalue weighted by Crippen LogP contribution is 1.98. The first-order valence-electron chi connectivity index (χ1n) is 4.00. The Bertz CT molecular complexity index is 175. The molecule has 0 radical (unpaired) electrons. The minimum Gasteiger partial charge on any atom is -0.265 e. The summed E-state index contributed by atoms with van der Waals surface area (Å²) in [5.74, 6) is 0. The first-order chi connectivity index (χ1) is 5.50. The molecule has 0 aromatic heterocycles. The highest BCUT2D eigenvalue weighted by Gasteiger charge is 1.79. The van der Waals surface area contributed by atoms with E-state index in [1.807, 2.05) is 24.4 Å². The maximum Gasteiger partial charge on any atom is 0.0267 e. The highest BCUT2D eigenvalue weighted by molar-refractivity contribution is 5.71. The van der Waals surface area contributed by atoms with Crippen molar-refractivity contribution in [3.63, 3.8) is 0 Å². The van der Waals surface area contributed by atoms with Crippen molar-refractivity contribution in [1.82, 2.24) is 0 Å². The van der Waals surface area contributed by atoms with Crippen LogP contribution in [0, 0.1) is 0 Å². The Kier molecular flexibility index (Phi) is 4.11. The molecule has 0 aromatic rings. The van der Waals surface area contributed by atoms with E-state index in [1.54, 1.807) is 6.20 Å². The van der Waals surface area contributed by atoms with Crippen LogP contribution < -0.4 is 0 Å². The molecular formula is C10H13N. The van der Waals surface area contributed by atoms with Crippen LogP contribution in [-0.4, -0.2) is 6.21 Å². The number of nitrogens with zero attached hydrogens (tertiary/aromatic N) is 1. The third-order valence-electron chi connectivity index (χ3n) is 1.47. The van der Waals surface area contributed by atoms with Crippen LogP contribution in [-0.2, 0) is 0 Å². The molecule has 11 heavy (non-hydrogen) atoms. The van der Waals surface area contributed by atoms with Crippen LogP contribution in [0.2, 0.25) is 0 Å². The van der Waals surface area contributed by atoms with Gasteiger partial charge in [0, 0.05) is 12.4 Å². The van der Waals surface area contributed by atoms with Crippen LogP contribution in [0.4, 0.5) is 0 Å². The van der Waals surface area contributed by atoms with Crippen molar-refractivity contribution in [1.29, 1.82) is 0 Å². The van der Waals surface area contributed by atoms with E-state index in [-0.39, 0.29) is 0 Å². The molecule has 0 spiro atoms. The lowest BCUT2D eigenvalue weighted by Gasteiger charge is -1.86. The van der Waals surface area contributed by atoms with E-state index < -0.39 is 0 Å². The standard InChI is InChI=1S/C10H13N/c1-2-4-6-8-10-11-9-7-5-3-1/h3,5-10H,1-2,4H2/b5-3?,8-6+,9-7?,11-10?. The Morgan fingerprint density at radius 2 is 1.73 bits per heavy atom. The van der Waals surface area contributed by atoms with Crippen LogP contribution in [0.1, 0.15) is 19.3 Å². The molecule has 0 unspecified atom stereocenters. The molecule has 0 fully saturated rings. The molecule has 0 amide bonds.